The molecule has 0 aliphatic rings. The van der Waals surface area contributed by atoms with Crippen LogP contribution in [0.15, 0.2) is 0 Å². The summed E-state index contributed by atoms with van der Waals surface area (Å²) < 4.78 is 0. The molecular formula is C10H24ClNO. The van der Waals surface area contributed by atoms with Gasteiger partial charge in [0, 0.05) is 6.54 Å². The maximum Gasteiger partial charge on any atom is 0.0207 e. The van der Waals surface area contributed by atoms with Gasteiger partial charge < -0.3 is 5.21 Å². The van der Waals surface area contributed by atoms with E-state index in [1.807, 2.05) is 0 Å². The van der Waals surface area contributed by atoms with E-state index >= 15 is 0 Å². The topological polar surface area (TPSA) is 32.3 Å². The van der Waals surface area contributed by atoms with Crippen LogP contribution in [0, 0.1) is 0 Å². The molecule has 0 unspecified atom stereocenters. The summed E-state index contributed by atoms with van der Waals surface area (Å²) in [5, 5.41) is 8.29. The fourth-order valence-corrected chi connectivity index (χ4v) is 1.34. The Bertz CT molecular complexity index is 71.3. The van der Waals surface area contributed by atoms with Gasteiger partial charge in [-0.1, -0.05) is 51.9 Å². The van der Waals surface area contributed by atoms with Crippen LogP contribution in [0.5, 0.6) is 0 Å². The third-order valence-electron chi connectivity index (χ3n) is 2.14. The average Bonchev–Trinajstić information content (AvgIpc) is 2.10. The van der Waals surface area contributed by atoms with Crippen molar-refractivity contribution in [3.8, 4) is 0 Å². The Morgan fingerprint density at radius 3 is 1.77 bits per heavy atom. The lowest BCUT2D eigenvalue weighted by atomic mass is 10.1. The third-order valence-corrected chi connectivity index (χ3v) is 2.14. The van der Waals surface area contributed by atoms with Crippen molar-refractivity contribution >= 4 is 12.4 Å². The summed E-state index contributed by atoms with van der Waals surface area (Å²) in [5.74, 6) is 0. The molecule has 3 heteroatoms. The molecular weight excluding hydrogens is 186 g/mol. The highest BCUT2D eigenvalue weighted by Crippen LogP contribution is 2.07. The van der Waals surface area contributed by atoms with Crippen molar-refractivity contribution in [2.45, 2.75) is 58.3 Å². The van der Waals surface area contributed by atoms with Crippen LogP contribution in [0.4, 0.5) is 0 Å². The molecule has 0 aliphatic heterocycles. The lowest BCUT2D eigenvalue weighted by Gasteiger charge is -2.00. The van der Waals surface area contributed by atoms with Crippen LogP contribution in [0.1, 0.15) is 58.3 Å². The highest BCUT2D eigenvalue weighted by Gasteiger charge is 1.90. The first-order chi connectivity index (χ1) is 5.91. The van der Waals surface area contributed by atoms with E-state index in [9.17, 15) is 0 Å². The van der Waals surface area contributed by atoms with Crippen LogP contribution in [-0.2, 0) is 0 Å². The van der Waals surface area contributed by atoms with Crippen molar-refractivity contribution in [3.63, 3.8) is 0 Å². The van der Waals surface area contributed by atoms with E-state index in [2.05, 4.69) is 12.4 Å². The van der Waals surface area contributed by atoms with Gasteiger partial charge >= 0.3 is 0 Å². The Kier molecular flexibility index (Phi) is 17.7. The fraction of sp³-hybridized carbons (Fsp3) is 1.00. The second-order valence-corrected chi connectivity index (χ2v) is 3.38. The van der Waals surface area contributed by atoms with Crippen molar-refractivity contribution in [1.29, 1.82) is 0 Å². The summed E-state index contributed by atoms with van der Waals surface area (Å²) in [4.78, 5) is 0. The fourth-order valence-electron chi connectivity index (χ4n) is 1.34. The lowest BCUT2D eigenvalue weighted by Crippen LogP contribution is -2.07. The summed E-state index contributed by atoms with van der Waals surface area (Å²) in [5.41, 5.74) is 2.18. The van der Waals surface area contributed by atoms with Gasteiger partial charge in [0.1, 0.15) is 0 Å². The number of hydroxylamine groups is 1. The molecule has 0 atom stereocenters. The molecule has 0 aliphatic carbocycles. The third kappa shape index (κ3) is 15.0. The van der Waals surface area contributed by atoms with Gasteiger partial charge in [0.25, 0.3) is 0 Å². The van der Waals surface area contributed by atoms with Gasteiger partial charge in [-0.05, 0) is 6.42 Å². The Labute approximate surface area is 88.5 Å². The van der Waals surface area contributed by atoms with Gasteiger partial charge in [0.2, 0.25) is 0 Å². The van der Waals surface area contributed by atoms with Crippen molar-refractivity contribution in [2.24, 2.45) is 0 Å². The second-order valence-electron chi connectivity index (χ2n) is 3.38. The van der Waals surface area contributed by atoms with Crippen molar-refractivity contribution in [2.75, 3.05) is 6.54 Å². The molecule has 0 aromatic rings. The normalized spacial score (nSPS) is 9.69. The largest absolute Gasteiger partial charge is 0.317 e. The van der Waals surface area contributed by atoms with Crippen molar-refractivity contribution in [3.05, 3.63) is 0 Å². The molecule has 2 N–H and O–H groups in total. The van der Waals surface area contributed by atoms with Crippen LogP contribution in [-0.4, -0.2) is 11.8 Å². The summed E-state index contributed by atoms with van der Waals surface area (Å²) in [6.07, 6.45) is 10.5. The zero-order valence-electron chi connectivity index (χ0n) is 8.72. The van der Waals surface area contributed by atoms with E-state index in [0.717, 1.165) is 13.0 Å². The Hall–Kier alpha value is 0.210. The first-order valence-electron chi connectivity index (χ1n) is 5.28. The van der Waals surface area contributed by atoms with Gasteiger partial charge in [-0.3, -0.25) is 0 Å². The Morgan fingerprint density at radius 2 is 1.31 bits per heavy atom. The zero-order chi connectivity index (χ0) is 9.07. The van der Waals surface area contributed by atoms with Crippen LogP contribution in [0.3, 0.4) is 0 Å². The summed E-state index contributed by atoms with van der Waals surface area (Å²) in [7, 11) is 0. The quantitative estimate of drug-likeness (QED) is 0.450. The number of rotatable bonds is 9. The zero-order valence-corrected chi connectivity index (χ0v) is 9.54. The molecule has 13 heavy (non-hydrogen) atoms. The van der Waals surface area contributed by atoms with E-state index < -0.39 is 0 Å². The predicted molar refractivity (Wildman–Crippen MR) is 59.6 cm³/mol. The van der Waals surface area contributed by atoms with E-state index in [-0.39, 0.29) is 12.4 Å². The maximum absolute atomic E-state index is 8.29. The Balaban J connectivity index is 0. The van der Waals surface area contributed by atoms with Gasteiger partial charge in [0.15, 0.2) is 0 Å². The summed E-state index contributed by atoms with van der Waals surface area (Å²) in [6.45, 7) is 2.99. The molecule has 0 saturated carbocycles. The smallest absolute Gasteiger partial charge is 0.0207 e. The average molecular weight is 210 g/mol. The van der Waals surface area contributed by atoms with Gasteiger partial charge in [-0.15, -0.1) is 12.4 Å². The second kappa shape index (κ2) is 14.7. The number of hydrogen-bond acceptors (Lipinski definition) is 2. The maximum atomic E-state index is 8.29. The van der Waals surface area contributed by atoms with Crippen LogP contribution < -0.4 is 5.48 Å². The molecule has 82 valence electrons. The summed E-state index contributed by atoms with van der Waals surface area (Å²) >= 11 is 0. The SMILES string of the molecule is CCCCCCCCCCNO.Cl. The summed E-state index contributed by atoms with van der Waals surface area (Å²) in [6, 6.07) is 0. The van der Waals surface area contributed by atoms with Crippen molar-refractivity contribution < 1.29 is 5.21 Å². The molecule has 0 radical (unpaired) electrons. The lowest BCUT2D eigenvalue weighted by molar-refractivity contribution is 0.164. The van der Waals surface area contributed by atoms with E-state index in [1.54, 1.807) is 0 Å². The molecule has 0 amide bonds. The Morgan fingerprint density at radius 1 is 0.846 bits per heavy atom. The highest BCUT2D eigenvalue weighted by atomic mass is 35.5. The monoisotopic (exact) mass is 209 g/mol. The van der Waals surface area contributed by atoms with Crippen LogP contribution in [0.25, 0.3) is 0 Å². The number of nitrogens with one attached hydrogen (secondary N) is 1. The number of hydrogen-bond donors (Lipinski definition) is 2. The minimum absolute atomic E-state index is 0. The standard InChI is InChI=1S/C10H23NO.ClH/c1-2-3-4-5-6-7-8-9-10-11-12;/h11-12H,2-10H2,1H3;1H. The minimum Gasteiger partial charge on any atom is -0.317 e. The van der Waals surface area contributed by atoms with E-state index in [1.165, 1.54) is 44.9 Å². The van der Waals surface area contributed by atoms with Crippen molar-refractivity contribution in [1.82, 2.24) is 5.48 Å². The molecule has 0 rings (SSSR count). The molecule has 0 saturated heterocycles. The number of halogens is 1. The van der Waals surface area contributed by atoms with Gasteiger partial charge in [0.05, 0.1) is 0 Å². The minimum atomic E-state index is 0. The molecule has 0 spiro atoms. The van der Waals surface area contributed by atoms with E-state index in [4.69, 9.17) is 5.21 Å². The molecule has 0 aromatic carbocycles. The van der Waals surface area contributed by atoms with Crippen LogP contribution >= 0.6 is 12.4 Å². The molecule has 0 heterocycles. The van der Waals surface area contributed by atoms with Gasteiger partial charge in [-0.25, -0.2) is 5.48 Å². The van der Waals surface area contributed by atoms with Gasteiger partial charge in [-0.2, -0.15) is 0 Å². The molecule has 2 nitrogen and oxygen atoms in total. The predicted octanol–water partition coefficient (Wildman–Crippen LogP) is 3.53. The number of unbranched alkanes of at least 4 members (excludes halogenated alkanes) is 7. The molecule has 0 fully saturated rings. The van der Waals surface area contributed by atoms with Crippen LogP contribution in [0.2, 0.25) is 0 Å². The molecule has 0 bridgehead atoms. The molecule has 0 aromatic heterocycles. The first kappa shape index (κ1) is 15.7. The highest BCUT2D eigenvalue weighted by molar-refractivity contribution is 5.85. The first-order valence-corrected chi connectivity index (χ1v) is 5.28. The van der Waals surface area contributed by atoms with E-state index in [0.29, 0.717) is 0 Å².